The first kappa shape index (κ1) is 18.2. The molecule has 3 aromatic heterocycles. The van der Waals surface area contributed by atoms with Crippen LogP contribution in [-0.2, 0) is 0 Å². The number of anilines is 1. The summed E-state index contributed by atoms with van der Waals surface area (Å²) in [5.41, 5.74) is 2.98. The average molecular weight is 409 g/mol. The largest absolute Gasteiger partial charge is 0.422 e. The standard InChI is InChI=1S/C22H21ClN4O2/c1-13-10-27(14(2)9-24-13)17-5-3-15-7-18(22(28)29-20(15)8-17)19-12-26-11-16(23)4-6-21(26)25-19/h3-8,11-14,24H,9-10H2,1-2H3. The lowest BCUT2D eigenvalue weighted by Gasteiger charge is -2.39. The average Bonchev–Trinajstić information content (AvgIpc) is 3.11. The molecule has 1 fully saturated rings. The third kappa shape index (κ3) is 3.28. The van der Waals surface area contributed by atoms with E-state index in [1.165, 1.54) is 0 Å². The second-order valence-electron chi connectivity index (χ2n) is 7.72. The van der Waals surface area contributed by atoms with Gasteiger partial charge < -0.3 is 19.0 Å². The van der Waals surface area contributed by atoms with Gasteiger partial charge in [0.2, 0.25) is 0 Å². The van der Waals surface area contributed by atoms with Gasteiger partial charge in [-0.2, -0.15) is 0 Å². The predicted molar refractivity (Wildman–Crippen MR) is 116 cm³/mol. The number of nitrogens with one attached hydrogen (secondary N) is 1. The van der Waals surface area contributed by atoms with Gasteiger partial charge in [-0.25, -0.2) is 9.78 Å². The Labute approximate surface area is 172 Å². The maximum Gasteiger partial charge on any atom is 0.345 e. The lowest BCUT2D eigenvalue weighted by Crippen LogP contribution is -2.54. The fourth-order valence-electron chi connectivity index (χ4n) is 3.93. The molecule has 0 spiro atoms. The minimum atomic E-state index is -0.397. The number of halogens is 1. The highest BCUT2D eigenvalue weighted by atomic mass is 35.5. The van der Waals surface area contributed by atoms with Gasteiger partial charge in [0.25, 0.3) is 0 Å². The minimum Gasteiger partial charge on any atom is -0.422 e. The number of aromatic nitrogens is 2. The molecule has 2 unspecified atom stereocenters. The summed E-state index contributed by atoms with van der Waals surface area (Å²) in [6.07, 6.45) is 3.55. The van der Waals surface area contributed by atoms with Gasteiger partial charge in [-0.15, -0.1) is 0 Å². The van der Waals surface area contributed by atoms with Crippen LogP contribution in [0, 0.1) is 0 Å². The van der Waals surface area contributed by atoms with Crippen molar-refractivity contribution >= 4 is 33.9 Å². The molecule has 0 saturated carbocycles. The maximum atomic E-state index is 12.7. The van der Waals surface area contributed by atoms with Crippen LogP contribution in [0.25, 0.3) is 27.9 Å². The van der Waals surface area contributed by atoms with Crippen LogP contribution in [0.2, 0.25) is 5.02 Å². The molecule has 1 aliphatic rings. The first-order valence-electron chi connectivity index (χ1n) is 9.70. The molecule has 2 atom stereocenters. The second kappa shape index (κ2) is 6.90. The lowest BCUT2D eigenvalue weighted by molar-refractivity contribution is 0.425. The van der Waals surface area contributed by atoms with E-state index in [4.69, 9.17) is 16.0 Å². The van der Waals surface area contributed by atoms with Crippen LogP contribution in [0.15, 0.2) is 58.0 Å². The highest BCUT2D eigenvalue weighted by Gasteiger charge is 2.23. The Kier molecular flexibility index (Phi) is 4.33. The normalized spacial score (nSPS) is 19.9. The fraction of sp³-hybridized carbons (Fsp3) is 0.273. The molecular weight excluding hydrogens is 388 g/mol. The quantitative estimate of drug-likeness (QED) is 0.509. The van der Waals surface area contributed by atoms with Gasteiger partial charge in [0.15, 0.2) is 0 Å². The molecule has 7 heteroatoms. The van der Waals surface area contributed by atoms with Crippen molar-refractivity contribution in [3.8, 4) is 11.3 Å². The van der Waals surface area contributed by atoms with E-state index in [1.54, 1.807) is 22.9 Å². The monoisotopic (exact) mass is 408 g/mol. The summed E-state index contributed by atoms with van der Waals surface area (Å²) in [4.78, 5) is 19.6. The zero-order valence-electron chi connectivity index (χ0n) is 16.2. The summed E-state index contributed by atoms with van der Waals surface area (Å²) in [5.74, 6) is 0. The van der Waals surface area contributed by atoms with Gasteiger partial charge in [-0.3, -0.25) is 0 Å². The number of fused-ring (bicyclic) bond motifs is 2. The Morgan fingerprint density at radius 3 is 2.90 bits per heavy atom. The van der Waals surface area contributed by atoms with Crippen molar-refractivity contribution in [2.45, 2.75) is 25.9 Å². The summed E-state index contributed by atoms with van der Waals surface area (Å²) in [7, 11) is 0. The summed E-state index contributed by atoms with van der Waals surface area (Å²) in [5, 5.41) is 4.96. The van der Waals surface area contributed by atoms with E-state index in [9.17, 15) is 4.79 Å². The number of rotatable bonds is 2. The van der Waals surface area contributed by atoms with E-state index in [1.807, 2.05) is 24.3 Å². The molecule has 1 saturated heterocycles. The summed E-state index contributed by atoms with van der Waals surface area (Å²) < 4.78 is 7.49. The van der Waals surface area contributed by atoms with Gasteiger partial charge in [-0.05, 0) is 44.2 Å². The molecule has 29 heavy (non-hydrogen) atoms. The van der Waals surface area contributed by atoms with Gasteiger partial charge in [0.05, 0.1) is 16.3 Å². The van der Waals surface area contributed by atoms with Crippen LogP contribution >= 0.6 is 11.6 Å². The van der Waals surface area contributed by atoms with Crippen molar-refractivity contribution in [1.82, 2.24) is 14.7 Å². The van der Waals surface area contributed by atoms with Gasteiger partial charge in [0.1, 0.15) is 11.2 Å². The zero-order valence-corrected chi connectivity index (χ0v) is 17.0. The molecule has 1 aromatic carbocycles. The topological polar surface area (TPSA) is 62.8 Å². The molecule has 6 nitrogen and oxygen atoms in total. The van der Waals surface area contributed by atoms with Crippen molar-refractivity contribution in [1.29, 1.82) is 0 Å². The number of nitrogens with zero attached hydrogens (tertiary/aromatic N) is 3. The third-order valence-electron chi connectivity index (χ3n) is 5.51. The first-order valence-corrected chi connectivity index (χ1v) is 10.1. The number of benzene rings is 1. The smallest absolute Gasteiger partial charge is 0.345 e. The molecule has 4 aromatic rings. The molecule has 1 N–H and O–H groups in total. The number of piperazine rings is 1. The van der Waals surface area contributed by atoms with Crippen molar-refractivity contribution in [2.24, 2.45) is 0 Å². The van der Waals surface area contributed by atoms with Crippen LogP contribution in [0.1, 0.15) is 13.8 Å². The van der Waals surface area contributed by atoms with E-state index in [0.717, 1.165) is 29.8 Å². The van der Waals surface area contributed by atoms with Crippen LogP contribution in [0.3, 0.4) is 0 Å². The zero-order chi connectivity index (χ0) is 20.1. The molecule has 1 aliphatic heterocycles. The number of hydrogen-bond acceptors (Lipinski definition) is 5. The van der Waals surface area contributed by atoms with E-state index in [-0.39, 0.29) is 0 Å². The molecule has 0 aliphatic carbocycles. The van der Waals surface area contributed by atoms with Crippen LogP contribution < -0.4 is 15.8 Å². The molecule has 0 radical (unpaired) electrons. The highest BCUT2D eigenvalue weighted by Crippen LogP contribution is 2.27. The van der Waals surface area contributed by atoms with E-state index >= 15 is 0 Å². The predicted octanol–water partition coefficient (Wildman–Crippen LogP) is 3.95. The van der Waals surface area contributed by atoms with Crippen molar-refractivity contribution in [3.05, 3.63) is 64.2 Å². The second-order valence-corrected chi connectivity index (χ2v) is 8.16. The Balaban J connectivity index is 1.57. The number of hydrogen-bond donors (Lipinski definition) is 1. The third-order valence-corrected chi connectivity index (χ3v) is 5.73. The van der Waals surface area contributed by atoms with E-state index < -0.39 is 5.63 Å². The summed E-state index contributed by atoms with van der Waals surface area (Å²) in [6, 6.07) is 12.3. The van der Waals surface area contributed by atoms with Crippen molar-refractivity contribution in [2.75, 3.05) is 18.0 Å². The minimum absolute atomic E-state index is 0.374. The molecule has 0 amide bonds. The summed E-state index contributed by atoms with van der Waals surface area (Å²) >= 11 is 6.04. The van der Waals surface area contributed by atoms with Gasteiger partial charge in [-0.1, -0.05) is 11.6 Å². The summed E-state index contributed by atoms with van der Waals surface area (Å²) in [6.45, 7) is 6.21. The van der Waals surface area contributed by atoms with Crippen molar-refractivity contribution in [3.63, 3.8) is 0 Å². The Morgan fingerprint density at radius 1 is 1.17 bits per heavy atom. The molecule has 0 bridgehead atoms. The number of imidazole rings is 1. The van der Waals surface area contributed by atoms with E-state index in [2.05, 4.69) is 35.1 Å². The fourth-order valence-corrected chi connectivity index (χ4v) is 4.10. The van der Waals surface area contributed by atoms with Gasteiger partial charge in [0, 0.05) is 54.7 Å². The Morgan fingerprint density at radius 2 is 2.03 bits per heavy atom. The highest BCUT2D eigenvalue weighted by molar-refractivity contribution is 6.30. The first-order chi connectivity index (χ1) is 14.0. The van der Waals surface area contributed by atoms with Crippen LogP contribution in [0.4, 0.5) is 5.69 Å². The maximum absolute atomic E-state index is 12.7. The Hall–Kier alpha value is -2.83. The Bertz CT molecular complexity index is 1280. The molecule has 148 valence electrons. The lowest BCUT2D eigenvalue weighted by atomic mass is 10.1. The molecule has 5 rings (SSSR count). The van der Waals surface area contributed by atoms with Gasteiger partial charge >= 0.3 is 5.63 Å². The van der Waals surface area contributed by atoms with Crippen LogP contribution in [-0.4, -0.2) is 34.6 Å². The number of pyridine rings is 1. The SMILES string of the molecule is CC1CN(c2ccc3cc(-c4cn5cc(Cl)ccc5n4)c(=O)oc3c2)C(C)CN1. The van der Waals surface area contributed by atoms with E-state index in [0.29, 0.717) is 33.9 Å². The van der Waals surface area contributed by atoms with Crippen LogP contribution in [0.5, 0.6) is 0 Å². The van der Waals surface area contributed by atoms with Crippen molar-refractivity contribution < 1.29 is 4.42 Å². The molecular formula is C22H21ClN4O2. The molecule has 4 heterocycles.